The van der Waals surface area contributed by atoms with Gasteiger partial charge in [-0.25, -0.2) is 8.42 Å². The Hall–Kier alpha value is -1.38. The predicted molar refractivity (Wildman–Crippen MR) is 90.8 cm³/mol. The van der Waals surface area contributed by atoms with Gasteiger partial charge in [-0.1, -0.05) is 38.5 Å². The Morgan fingerprint density at radius 3 is 1.62 bits per heavy atom. The zero-order chi connectivity index (χ0) is 17.2. The molecule has 0 bridgehead atoms. The van der Waals surface area contributed by atoms with Gasteiger partial charge >= 0.3 is 0 Å². The molecular formula is C19H24NO3S-. The van der Waals surface area contributed by atoms with Crippen LogP contribution in [0.5, 0.6) is 0 Å². The van der Waals surface area contributed by atoms with Gasteiger partial charge in [-0.3, -0.25) is 0 Å². The lowest BCUT2D eigenvalue weighted by Crippen LogP contribution is -2.17. The number of hydrogen-bond donors (Lipinski definition) is 0. The van der Waals surface area contributed by atoms with Crippen molar-refractivity contribution in [1.82, 2.24) is 0 Å². The highest BCUT2D eigenvalue weighted by Gasteiger charge is 2.28. The lowest BCUT2D eigenvalue weighted by molar-refractivity contribution is 0.416. The van der Waals surface area contributed by atoms with Gasteiger partial charge in [-0.2, -0.15) is 5.26 Å². The van der Waals surface area contributed by atoms with Crippen molar-refractivity contribution in [3.8, 4) is 6.07 Å². The van der Waals surface area contributed by atoms with Crippen molar-refractivity contribution in [1.29, 1.82) is 5.26 Å². The first-order valence-corrected chi connectivity index (χ1v) is 10.5. The van der Waals surface area contributed by atoms with Crippen LogP contribution in [0.4, 0.5) is 0 Å². The predicted octanol–water partition coefficient (Wildman–Crippen LogP) is 4.56. The molecule has 1 aromatic carbocycles. The summed E-state index contributed by atoms with van der Waals surface area (Å²) in [6, 6.07) is 5.49. The Morgan fingerprint density at radius 1 is 0.875 bits per heavy atom. The molecule has 2 aliphatic carbocycles. The Balaban J connectivity index is 2.17. The maximum absolute atomic E-state index is 12.1. The second kappa shape index (κ2) is 7.25. The SMILES string of the molecule is N#Cc1cc(C2CCCCC2)c(S(=O)(=O)[O-])c(C2CCCCC2)c1. The fourth-order valence-corrected chi connectivity index (χ4v) is 5.49. The van der Waals surface area contributed by atoms with Crippen molar-refractivity contribution in [3.05, 3.63) is 28.8 Å². The molecule has 2 fully saturated rings. The highest BCUT2D eigenvalue weighted by Crippen LogP contribution is 2.42. The van der Waals surface area contributed by atoms with Crippen molar-refractivity contribution in [3.63, 3.8) is 0 Å². The van der Waals surface area contributed by atoms with Gasteiger partial charge in [0.2, 0.25) is 0 Å². The summed E-state index contributed by atoms with van der Waals surface area (Å²) in [6.07, 6.45) is 10.1. The molecule has 0 atom stereocenters. The molecule has 0 radical (unpaired) electrons. The Labute approximate surface area is 144 Å². The minimum Gasteiger partial charge on any atom is -0.744 e. The fourth-order valence-electron chi connectivity index (χ4n) is 4.46. The zero-order valence-corrected chi connectivity index (χ0v) is 14.8. The molecule has 0 aliphatic heterocycles. The average molecular weight is 346 g/mol. The zero-order valence-electron chi connectivity index (χ0n) is 14.0. The molecule has 0 saturated heterocycles. The summed E-state index contributed by atoms with van der Waals surface area (Å²) < 4.78 is 36.4. The Morgan fingerprint density at radius 2 is 1.29 bits per heavy atom. The van der Waals surface area contributed by atoms with Crippen molar-refractivity contribution >= 4 is 10.1 Å². The third-order valence-corrected chi connectivity index (χ3v) is 6.59. The molecule has 2 aliphatic rings. The second-order valence-electron chi connectivity index (χ2n) is 7.22. The van der Waals surface area contributed by atoms with Crippen molar-refractivity contribution in [2.45, 2.75) is 80.9 Å². The maximum Gasteiger partial charge on any atom is 0.124 e. The van der Waals surface area contributed by atoms with Crippen LogP contribution in [0.15, 0.2) is 17.0 Å². The number of rotatable bonds is 3. The van der Waals surface area contributed by atoms with Crippen LogP contribution in [-0.4, -0.2) is 13.0 Å². The van der Waals surface area contributed by atoms with E-state index in [0.29, 0.717) is 16.7 Å². The molecular weight excluding hydrogens is 322 g/mol. The standard InChI is InChI=1S/C19H25NO3S/c20-13-14-11-17(15-7-3-1-4-8-15)19(24(21,22)23)18(12-14)16-9-5-2-6-10-16/h11-12,15-16H,1-10H2,(H,21,22,23)/p-1. The molecule has 24 heavy (non-hydrogen) atoms. The maximum atomic E-state index is 12.1. The lowest BCUT2D eigenvalue weighted by Gasteiger charge is -2.30. The molecule has 0 unspecified atom stereocenters. The first-order chi connectivity index (χ1) is 11.5. The van der Waals surface area contributed by atoms with Gasteiger partial charge in [0.05, 0.1) is 16.5 Å². The van der Waals surface area contributed by atoms with E-state index in [1.807, 2.05) is 0 Å². The third kappa shape index (κ3) is 3.65. The van der Waals surface area contributed by atoms with E-state index in [1.165, 1.54) is 0 Å². The molecule has 2 saturated carbocycles. The minimum atomic E-state index is -4.55. The molecule has 4 nitrogen and oxygen atoms in total. The quantitative estimate of drug-likeness (QED) is 0.751. The van der Waals surface area contributed by atoms with Gasteiger partial charge in [0.15, 0.2) is 0 Å². The lowest BCUT2D eigenvalue weighted by atomic mass is 9.79. The molecule has 3 rings (SSSR count). The van der Waals surface area contributed by atoms with Gasteiger partial charge in [-0.05, 0) is 60.8 Å². The fraction of sp³-hybridized carbons (Fsp3) is 0.632. The van der Waals surface area contributed by atoms with Crippen LogP contribution in [0.25, 0.3) is 0 Å². The second-order valence-corrected chi connectivity index (χ2v) is 8.54. The first kappa shape index (κ1) is 17.4. The molecule has 0 aromatic heterocycles. The summed E-state index contributed by atoms with van der Waals surface area (Å²) in [5.74, 6) is 0.182. The third-order valence-electron chi connectivity index (χ3n) is 5.62. The van der Waals surface area contributed by atoms with E-state index in [-0.39, 0.29) is 16.7 Å². The first-order valence-electron chi connectivity index (χ1n) is 9.04. The molecule has 0 amide bonds. The molecule has 0 heterocycles. The van der Waals surface area contributed by atoms with E-state index in [4.69, 9.17) is 0 Å². The summed E-state index contributed by atoms with van der Waals surface area (Å²) in [5, 5.41) is 9.40. The van der Waals surface area contributed by atoms with Crippen molar-refractivity contribution < 1.29 is 13.0 Å². The number of benzene rings is 1. The summed E-state index contributed by atoms with van der Waals surface area (Å²) in [4.78, 5) is 0.000278. The summed E-state index contributed by atoms with van der Waals surface area (Å²) in [5.41, 5.74) is 1.72. The molecule has 0 spiro atoms. The largest absolute Gasteiger partial charge is 0.744 e. The molecule has 0 N–H and O–H groups in total. The van der Waals surface area contributed by atoms with Crippen LogP contribution < -0.4 is 0 Å². The van der Waals surface area contributed by atoms with Gasteiger partial charge < -0.3 is 4.55 Å². The van der Waals surface area contributed by atoms with Crippen LogP contribution >= 0.6 is 0 Å². The van der Waals surface area contributed by atoms with Crippen LogP contribution in [0.3, 0.4) is 0 Å². The normalized spacial score (nSPS) is 20.7. The summed E-state index contributed by atoms with van der Waals surface area (Å²) >= 11 is 0. The van der Waals surface area contributed by atoms with E-state index in [9.17, 15) is 18.2 Å². The van der Waals surface area contributed by atoms with Crippen molar-refractivity contribution in [2.24, 2.45) is 0 Å². The minimum absolute atomic E-state index is 0.000278. The monoisotopic (exact) mass is 346 g/mol. The van der Waals surface area contributed by atoms with Crippen LogP contribution in [0.2, 0.25) is 0 Å². The van der Waals surface area contributed by atoms with Gasteiger partial charge in [0, 0.05) is 0 Å². The number of hydrogen-bond acceptors (Lipinski definition) is 4. The highest BCUT2D eigenvalue weighted by atomic mass is 32.2. The molecule has 1 aromatic rings. The summed E-state index contributed by atoms with van der Waals surface area (Å²) in [6.45, 7) is 0. The van der Waals surface area contributed by atoms with Crippen LogP contribution in [0.1, 0.15) is 92.7 Å². The van der Waals surface area contributed by atoms with E-state index >= 15 is 0 Å². The van der Waals surface area contributed by atoms with E-state index in [0.717, 1.165) is 64.2 Å². The van der Waals surface area contributed by atoms with Gasteiger partial charge in [0.1, 0.15) is 10.1 Å². The van der Waals surface area contributed by atoms with Crippen molar-refractivity contribution in [2.75, 3.05) is 0 Å². The summed E-state index contributed by atoms with van der Waals surface area (Å²) in [7, 11) is -4.55. The number of nitriles is 1. The van der Waals surface area contributed by atoms with Gasteiger partial charge in [-0.15, -0.1) is 0 Å². The number of nitrogens with zero attached hydrogens (tertiary/aromatic N) is 1. The molecule has 130 valence electrons. The van der Waals surface area contributed by atoms with Crippen LogP contribution in [-0.2, 0) is 10.1 Å². The Kier molecular flexibility index (Phi) is 5.27. The topological polar surface area (TPSA) is 81.0 Å². The molecule has 5 heteroatoms. The van der Waals surface area contributed by atoms with E-state index in [2.05, 4.69) is 6.07 Å². The average Bonchev–Trinajstić information content (AvgIpc) is 2.61. The van der Waals surface area contributed by atoms with Gasteiger partial charge in [0.25, 0.3) is 0 Å². The van der Waals surface area contributed by atoms with Crippen LogP contribution in [0, 0.1) is 11.3 Å². The Bertz CT molecular complexity index is 697. The smallest absolute Gasteiger partial charge is 0.124 e. The van der Waals surface area contributed by atoms with E-state index in [1.54, 1.807) is 12.1 Å². The highest BCUT2D eigenvalue weighted by molar-refractivity contribution is 7.85. The van der Waals surface area contributed by atoms with E-state index < -0.39 is 10.1 Å².